The molecule has 2 rings (SSSR count). The smallest absolute Gasteiger partial charge is 0.0594 e. The van der Waals surface area contributed by atoms with Crippen molar-refractivity contribution < 1.29 is 4.74 Å². The Morgan fingerprint density at radius 2 is 1.82 bits per heavy atom. The van der Waals surface area contributed by atoms with Crippen LogP contribution < -0.4 is 5.32 Å². The molecule has 2 heteroatoms. The average Bonchev–Trinajstić information content (AvgIpc) is 2.88. The highest BCUT2D eigenvalue weighted by Gasteiger charge is 2.14. The molecule has 1 aliphatic rings. The summed E-state index contributed by atoms with van der Waals surface area (Å²) in [7, 11) is 0. The summed E-state index contributed by atoms with van der Waals surface area (Å²) in [5, 5.41) is 3.43. The van der Waals surface area contributed by atoms with Gasteiger partial charge in [0.25, 0.3) is 0 Å². The minimum absolute atomic E-state index is 0.547. The molecule has 0 heterocycles. The Hall–Kier alpha value is -0.860. The highest BCUT2D eigenvalue weighted by Crippen LogP contribution is 2.20. The molecule has 0 aliphatic heterocycles. The Labute approximate surface area is 104 Å². The lowest BCUT2D eigenvalue weighted by molar-refractivity contribution is 0.0605. The first-order chi connectivity index (χ1) is 8.45. The van der Waals surface area contributed by atoms with Crippen molar-refractivity contribution in [2.45, 2.75) is 38.2 Å². The molecule has 1 N–H and O–H groups in total. The van der Waals surface area contributed by atoms with E-state index in [-0.39, 0.29) is 0 Å². The van der Waals surface area contributed by atoms with Crippen molar-refractivity contribution in [3.05, 3.63) is 35.9 Å². The van der Waals surface area contributed by atoms with Gasteiger partial charge in [0.05, 0.1) is 12.7 Å². The van der Waals surface area contributed by atoms with Gasteiger partial charge in [-0.15, -0.1) is 0 Å². The fourth-order valence-electron chi connectivity index (χ4n) is 2.36. The minimum Gasteiger partial charge on any atom is -0.377 e. The molecule has 0 spiro atoms. The highest BCUT2D eigenvalue weighted by atomic mass is 16.5. The molecule has 1 fully saturated rings. The Bertz CT molecular complexity index is 293. The summed E-state index contributed by atoms with van der Waals surface area (Å²) in [4.78, 5) is 0. The fraction of sp³-hybridized carbons (Fsp3) is 0.600. The molecular weight excluding hydrogens is 210 g/mol. The Morgan fingerprint density at radius 3 is 2.59 bits per heavy atom. The summed E-state index contributed by atoms with van der Waals surface area (Å²) in [6, 6.07) is 10.6. The zero-order valence-electron chi connectivity index (χ0n) is 10.5. The van der Waals surface area contributed by atoms with Gasteiger partial charge >= 0.3 is 0 Å². The standard InChI is InChI=1S/C15H23NO/c1-2-6-14(7-3-1)10-11-16-12-13-17-15-8-4-5-9-15/h1-3,6-7,15-16H,4-5,8-13H2. The first-order valence-corrected chi connectivity index (χ1v) is 6.81. The van der Waals surface area contributed by atoms with Gasteiger partial charge in [-0.3, -0.25) is 0 Å². The van der Waals surface area contributed by atoms with Gasteiger partial charge in [0.1, 0.15) is 0 Å². The molecule has 0 bridgehead atoms. The van der Waals surface area contributed by atoms with Crippen molar-refractivity contribution in [2.75, 3.05) is 19.7 Å². The van der Waals surface area contributed by atoms with Crippen molar-refractivity contribution in [1.29, 1.82) is 0 Å². The van der Waals surface area contributed by atoms with E-state index in [0.29, 0.717) is 6.10 Å². The van der Waals surface area contributed by atoms with Gasteiger partial charge in [-0.25, -0.2) is 0 Å². The molecule has 1 saturated carbocycles. The molecule has 0 atom stereocenters. The van der Waals surface area contributed by atoms with Gasteiger partial charge in [0.15, 0.2) is 0 Å². The SMILES string of the molecule is c1ccc(CCNCCOC2CCCC2)cc1. The van der Waals surface area contributed by atoms with Crippen LogP contribution in [0, 0.1) is 0 Å². The number of nitrogens with one attached hydrogen (secondary N) is 1. The predicted molar refractivity (Wildman–Crippen MR) is 71.2 cm³/mol. The largest absolute Gasteiger partial charge is 0.377 e. The molecule has 0 saturated heterocycles. The molecule has 0 radical (unpaired) electrons. The van der Waals surface area contributed by atoms with E-state index in [2.05, 4.69) is 35.6 Å². The number of hydrogen-bond donors (Lipinski definition) is 1. The lowest BCUT2D eigenvalue weighted by Crippen LogP contribution is -2.24. The van der Waals surface area contributed by atoms with E-state index in [1.165, 1.54) is 31.2 Å². The molecule has 0 aromatic heterocycles. The minimum atomic E-state index is 0.547. The second kappa shape index (κ2) is 7.46. The van der Waals surface area contributed by atoms with Crippen LogP contribution in [0.1, 0.15) is 31.2 Å². The molecule has 2 nitrogen and oxygen atoms in total. The lowest BCUT2D eigenvalue weighted by Gasteiger charge is -2.11. The van der Waals surface area contributed by atoms with E-state index < -0.39 is 0 Å². The number of rotatable bonds is 7. The summed E-state index contributed by atoms with van der Waals surface area (Å²) in [6.45, 7) is 2.88. The topological polar surface area (TPSA) is 21.3 Å². The Morgan fingerprint density at radius 1 is 1.06 bits per heavy atom. The zero-order chi connectivity index (χ0) is 11.8. The van der Waals surface area contributed by atoms with Crippen molar-refractivity contribution in [3.8, 4) is 0 Å². The number of benzene rings is 1. The Kier molecular flexibility index (Phi) is 5.53. The van der Waals surface area contributed by atoms with E-state index in [1.54, 1.807) is 0 Å². The molecule has 0 unspecified atom stereocenters. The third-order valence-corrected chi connectivity index (χ3v) is 3.37. The second-order valence-corrected chi connectivity index (χ2v) is 4.76. The first kappa shape index (κ1) is 12.6. The number of ether oxygens (including phenoxy) is 1. The maximum atomic E-state index is 5.79. The van der Waals surface area contributed by atoms with Crippen LogP contribution >= 0.6 is 0 Å². The molecule has 0 amide bonds. The summed E-state index contributed by atoms with van der Waals surface area (Å²) >= 11 is 0. The lowest BCUT2D eigenvalue weighted by atomic mass is 10.1. The average molecular weight is 233 g/mol. The fourth-order valence-corrected chi connectivity index (χ4v) is 2.36. The van der Waals surface area contributed by atoms with E-state index in [1.807, 2.05) is 0 Å². The second-order valence-electron chi connectivity index (χ2n) is 4.76. The summed E-state index contributed by atoms with van der Waals surface area (Å²) in [5.74, 6) is 0. The maximum absolute atomic E-state index is 5.79. The maximum Gasteiger partial charge on any atom is 0.0594 e. The third kappa shape index (κ3) is 4.88. The van der Waals surface area contributed by atoms with Gasteiger partial charge in [-0.2, -0.15) is 0 Å². The van der Waals surface area contributed by atoms with Crippen molar-refractivity contribution in [2.24, 2.45) is 0 Å². The first-order valence-electron chi connectivity index (χ1n) is 6.81. The summed E-state index contributed by atoms with van der Waals surface area (Å²) < 4.78 is 5.79. The van der Waals surface area contributed by atoms with Crippen LogP contribution in [-0.2, 0) is 11.2 Å². The summed E-state index contributed by atoms with van der Waals surface area (Å²) in [6.07, 6.45) is 6.89. The van der Waals surface area contributed by atoms with E-state index in [0.717, 1.165) is 26.1 Å². The van der Waals surface area contributed by atoms with Crippen LogP contribution in [0.5, 0.6) is 0 Å². The summed E-state index contributed by atoms with van der Waals surface area (Å²) in [5.41, 5.74) is 1.40. The van der Waals surface area contributed by atoms with Crippen LogP contribution in [0.15, 0.2) is 30.3 Å². The molecular formula is C15H23NO. The van der Waals surface area contributed by atoms with Crippen molar-refractivity contribution in [1.82, 2.24) is 5.32 Å². The quantitative estimate of drug-likeness (QED) is 0.731. The van der Waals surface area contributed by atoms with Crippen LogP contribution in [0.25, 0.3) is 0 Å². The monoisotopic (exact) mass is 233 g/mol. The zero-order valence-corrected chi connectivity index (χ0v) is 10.5. The molecule has 1 aromatic rings. The highest BCUT2D eigenvalue weighted by molar-refractivity contribution is 5.14. The third-order valence-electron chi connectivity index (χ3n) is 3.37. The van der Waals surface area contributed by atoms with E-state index >= 15 is 0 Å². The normalized spacial score (nSPS) is 16.5. The van der Waals surface area contributed by atoms with Gasteiger partial charge in [0, 0.05) is 6.54 Å². The van der Waals surface area contributed by atoms with Crippen LogP contribution in [0.2, 0.25) is 0 Å². The van der Waals surface area contributed by atoms with Crippen molar-refractivity contribution >= 4 is 0 Å². The van der Waals surface area contributed by atoms with Crippen LogP contribution in [-0.4, -0.2) is 25.8 Å². The molecule has 1 aromatic carbocycles. The van der Waals surface area contributed by atoms with E-state index in [4.69, 9.17) is 4.74 Å². The van der Waals surface area contributed by atoms with Gasteiger partial charge in [-0.1, -0.05) is 43.2 Å². The van der Waals surface area contributed by atoms with Gasteiger partial charge in [0.2, 0.25) is 0 Å². The molecule has 94 valence electrons. The van der Waals surface area contributed by atoms with Crippen LogP contribution in [0.3, 0.4) is 0 Å². The van der Waals surface area contributed by atoms with Crippen molar-refractivity contribution in [3.63, 3.8) is 0 Å². The molecule has 1 aliphatic carbocycles. The van der Waals surface area contributed by atoms with Crippen LogP contribution in [0.4, 0.5) is 0 Å². The van der Waals surface area contributed by atoms with Gasteiger partial charge in [-0.05, 0) is 31.4 Å². The van der Waals surface area contributed by atoms with Gasteiger partial charge < -0.3 is 10.1 Å². The van der Waals surface area contributed by atoms with E-state index in [9.17, 15) is 0 Å². The molecule has 17 heavy (non-hydrogen) atoms. The number of hydrogen-bond acceptors (Lipinski definition) is 2. The Balaban J connectivity index is 1.46. The predicted octanol–water partition coefficient (Wildman–Crippen LogP) is 2.78.